The number of hydrogen-bond acceptors (Lipinski definition) is 2. The first-order chi connectivity index (χ1) is 6.90. The molecule has 0 fully saturated rings. The second-order valence-corrected chi connectivity index (χ2v) is 3.76. The van der Waals surface area contributed by atoms with Crippen molar-refractivity contribution in [3.05, 3.63) is 35.9 Å². The zero-order chi connectivity index (χ0) is 9.80. The van der Waals surface area contributed by atoms with Crippen molar-refractivity contribution in [3.8, 4) is 0 Å². The summed E-state index contributed by atoms with van der Waals surface area (Å²) in [5.41, 5.74) is 8.21. The predicted molar refractivity (Wildman–Crippen MR) is 59.8 cm³/mol. The molecule has 0 amide bonds. The van der Waals surface area contributed by atoms with Gasteiger partial charge < -0.3 is 5.73 Å². The number of aliphatic imine (C=N–C) groups is 1. The van der Waals surface area contributed by atoms with Crippen molar-refractivity contribution in [2.24, 2.45) is 10.7 Å². The highest BCUT2D eigenvalue weighted by molar-refractivity contribution is 5.87. The number of hydrogen-bond donors (Lipinski definition) is 1. The van der Waals surface area contributed by atoms with E-state index in [0.717, 1.165) is 25.9 Å². The summed E-state index contributed by atoms with van der Waals surface area (Å²) < 4.78 is 0. The van der Waals surface area contributed by atoms with Gasteiger partial charge in [-0.1, -0.05) is 30.3 Å². The molecule has 0 aromatic heterocycles. The fourth-order valence-electron chi connectivity index (χ4n) is 1.95. The van der Waals surface area contributed by atoms with Crippen LogP contribution in [0.4, 0.5) is 0 Å². The van der Waals surface area contributed by atoms with Gasteiger partial charge in [0.25, 0.3) is 0 Å². The Morgan fingerprint density at radius 3 is 2.79 bits per heavy atom. The molecule has 2 nitrogen and oxygen atoms in total. The molecule has 2 N–H and O–H groups in total. The van der Waals surface area contributed by atoms with Gasteiger partial charge >= 0.3 is 0 Å². The largest absolute Gasteiger partial charge is 0.330 e. The zero-order valence-electron chi connectivity index (χ0n) is 8.32. The topological polar surface area (TPSA) is 38.4 Å². The van der Waals surface area contributed by atoms with Crippen molar-refractivity contribution in [2.75, 3.05) is 13.1 Å². The maximum Gasteiger partial charge on any atom is 0.0461 e. The van der Waals surface area contributed by atoms with Crippen LogP contribution < -0.4 is 5.73 Å². The summed E-state index contributed by atoms with van der Waals surface area (Å²) >= 11 is 0. The summed E-state index contributed by atoms with van der Waals surface area (Å²) in [6.45, 7) is 1.67. The Kier molecular flexibility index (Phi) is 2.94. The van der Waals surface area contributed by atoms with E-state index >= 15 is 0 Å². The Hall–Kier alpha value is -1.15. The quantitative estimate of drug-likeness (QED) is 0.773. The summed E-state index contributed by atoms with van der Waals surface area (Å²) in [4.78, 5) is 4.52. The molecule has 1 aliphatic heterocycles. The van der Waals surface area contributed by atoms with Gasteiger partial charge in [0.2, 0.25) is 0 Å². The highest BCUT2D eigenvalue weighted by Gasteiger charge is 2.18. The highest BCUT2D eigenvalue weighted by atomic mass is 14.8. The van der Waals surface area contributed by atoms with Crippen LogP contribution in [0.5, 0.6) is 0 Å². The van der Waals surface area contributed by atoms with E-state index in [9.17, 15) is 0 Å². The normalized spacial score (nSPS) is 20.9. The summed E-state index contributed by atoms with van der Waals surface area (Å²) in [5.74, 6) is 0.595. The third kappa shape index (κ3) is 2.02. The number of nitrogens with two attached hydrogens (primary N) is 1. The number of nitrogens with zero attached hydrogens (tertiary/aromatic N) is 1. The van der Waals surface area contributed by atoms with Gasteiger partial charge in [0.1, 0.15) is 0 Å². The summed E-state index contributed by atoms with van der Waals surface area (Å²) in [5, 5.41) is 0. The average Bonchev–Trinajstić information content (AvgIpc) is 2.68. The van der Waals surface area contributed by atoms with Crippen molar-refractivity contribution in [1.29, 1.82) is 0 Å². The molecule has 0 saturated heterocycles. The minimum Gasteiger partial charge on any atom is -0.330 e. The molecule has 2 heteroatoms. The van der Waals surface area contributed by atoms with E-state index in [2.05, 4.69) is 35.3 Å². The van der Waals surface area contributed by atoms with Crippen LogP contribution in [0.3, 0.4) is 0 Å². The number of benzene rings is 1. The lowest BCUT2D eigenvalue weighted by Crippen LogP contribution is -2.07. The van der Waals surface area contributed by atoms with E-state index < -0.39 is 0 Å². The maximum absolute atomic E-state index is 5.51. The second-order valence-electron chi connectivity index (χ2n) is 3.76. The van der Waals surface area contributed by atoms with Crippen molar-refractivity contribution in [1.82, 2.24) is 0 Å². The first-order valence-corrected chi connectivity index (χ1v) is 5.17. The van der Waals surface area contributed by atoms with E-state index in [1.165, 1.54) is 11.3 Å². The summed E-state index contributed by atoms with van der Waals surface area (Å²) in [6, 6.07) is 10.6. The molecule has 74 valence electrons. The van der Waals surface area contributed by atoms with Gasteiger partial charge in [-0.3, -0.25) is 4.99 Å². The standard InChI is InChI=1S/C12H16N2/c13-7-6-12-8-11(9-14-12)10-4-2-1-3-5-10/h1-5,11H,6-9,13H2. The lowest BCUT2D eigenvalue weighted by molar-refractivity contribution is 0.776. The van der Waals surface area contributed by atoms with Gasteiger partial charge in [0.15, 0.2) is 0 Å². The molecular formula is C12H16N2. The molecule has 1 unspecified atom stereocenters. The minimum atomic E-state index is 0.595. The maximum atomic E-state index is 5.51. The Bertz CT molecular complexity index is 316. The molecule has 1 aromatic rings. The third-order valence-corrected chi connectivity index (χ3v) is 2.72. The molecule has 1 atom stereocenters. The molecule has 0 bridgehead atoms. The molecule has 1 aromatic carbocycles. The van der Waals surface area contributed by atoms with Crippen molar-refractivity contribution >= 4 is 5.71 Å². The summed E-state index contributed by atoms with van der Waals surface area (Å²) in [6.07, 6.45) is 2.06. The fourth-order valence-corrected chi connectivity index (χ4v) is 1.95. The zero-order valence-corrected chi connectivity index (χ0v) is 8.32. The van der Waals surface area contributed by atoms with Gasteiger partial charge in [-0.05, 0) is 24.9 Å². The number of rotatable bonds is 3. The average molecular weight is 188 g/mol. The van der Waals surface area contributed by atoms with Crippen LogP contribution in [-0.2, 0) is 0 Å². The van der Waals surface area contributed by atoms with Crippen LogP contribution in [-0.4, -0.2) is 18.8 Å². The van der Waals surface area contributed by atoms with Crippen LogP contribution >= 0.6 is 0 Å². The van der Waals surface area contributed by atoms with E-state index in [0.29, 0.717) is 5.92 Å². The fraction of sp³-hybridized carbons (Fsp3) is 0.417. The van der Waals surface area contributed by atoms with Crippen LogP contribution in [0.15, 0.2) is 35.3 Å². The Morgan fingerprint density at radius 1 is 1.29 bits per heavy atom. The second kappa shape index (κ2) is 4.38. The first kappa shape index (κ1) is 9.41. The van der Waals surface area contributed by atoms with Crippen LogP contribution in [0.2, 0.25) is 0 Å². The molecule has 1 heterocycles. The molecule has 0 spiro atoms. The van der Waals surface area contributed by atoms with Gasteiger partial charge in [-0.2, -0.15) is 0 Å². The lowest BCUT2D eigenvalue weighted by Gasteiger charge is -2.08. The van der Waals surface area contributed by atoms with Gasteiger partial charge in [-0.25, -0.2) is 0 Å². The smallest absolute Gasteiger partial charge is 0.0461 e. The van der Waals surface area contributed by atoms with Crippen LogP contribution in [0, 0.1) is 0 Å². The SMILES string of the molecule is NCCC1=NCC(c2ccccc2)C1. The molecular weight excluding hydrogens is 172 g/mol. The van der Waals surface area contributed by atoms with Crippen molar-refractivity contribution in [2.45, 2.75) is 18.8 Å². The molecule has 0 radical (unpaired) electrons. The van der Waals surface area contributed by atoms with Crippen LogP contribution in [0.1, 0.15) is 24.3 Å². The highest BCUT2D eigenvalue weighted by Crippen LogP contribution is 2.25. The van der Waals surface area contributed by atoms with Gasteiger partial charge in [0.05, 0.1) is 0 Å². The van der Waals surface area contributed by atoms with Crippen LogP contribution in [0.25, 0.3) is 0 Å². The van der Waals surface area contributed by atoms with E-state index in [1.807, 2.05) is 0 Å². The first-order valence-electron chi connectivity index (χ1n) is 5.17. The van der Waals surface area contributed by atoms with Crippen molar-refractivity contribution in [3.63, 3.8) is 0 Å². The lowest BCUT2D eigenvalue weighted by atomic mass is 9.95. The Labute approximate surface area is 84.9 Å². The molecule has 14 heavy (non-hydrogen) atoms. The molecule has 2 rings (SSSR count). The van der Waals surface area contributed by atoms with Gasteiger partial charge in [0, 0.05) is 18.2 Å². The molecule has 0 aliphatic carbocycles. The monoisotopic (exact) mass is 188 g/mol. The molecule has 0 saturated carbocycles. The third-order valence-electron chi connectivity index (χ3n) is 2.72. The van der Waals surface area contributed by atoms with Gasteiger partial charge in [-0.15, -0.1) is 0 Å². The van der Waals surface area contributed by atoms with E-state index in [4.69, 9.17) is 5.73 Å². The predicted octanol–water partition coefficient (Wildman–Crippen LogP) is 1.96. The summed E-state index contributed by atoms with van der Waals surface area (Å²) in [7, 11) is 0. The Morgan fingerprint density at radius 2 is 2.07 bits per heavy atom. The molecule has 1 aliphatic rings. The minimum absolute atomic E-state index is 0.595. The Balaban J connectivity index is 1.99. The van der Waals surface area contributed by atoms with E-state index in [1.54, 1.807) is 0 Å². The van der Waals surface area contributed by atoms with E-state index in [-0.39, 0.29) is 0 Å². The van der Waals surface area contributed by atoms with Crippen molar-refractivity contribution < 1.29 is 0 Å².